The first-order valence-electron chi connectivity index (χ1n) is 9.47. The Morgan fingerprint density at radius 1 is 1.15 bits per heavy atom. The molecule has 3 heterocycles. The van der Waals surface area contributed by atoms with E-state index in [1.54, 1.807) is 0 Å². The summed E-state index contributed by atoms with van der Waals surface area (Å²) in [7, 11) is 0. The molecule has 3 fully saturated rings. The first-order chi connectivity index (χ1) is 12.6. The van der Waals surface area contributed by atoms with E-state index < -0.39 is 5.63 Å². The molecule has 0 spiro atoms. The summed E-state index contributed by atoms with van der Waals surface area (Å²) >= 11 is 0. The second kappa shape index (κ2) is 5.95. The lowest BCUT2D eigenvalue weighted by molar-refractivity contribution is -0.129. The molecular formula is C21H23NO4. The van der Waals surface area contributed by atoms with Crippen molar-refractivity contribution in [3.63, 3.8) is 0 Å². The fourth-order valence-electron chi connectivity index (χ4n) is 5.31. The Morgan fingerprint density at radius 3 is 2.92 bits per heavy atom. The molecule has 0 unspecified atom stereocenters. The lowest BCUT2D eigenvalue weighted by Gasteiger charge is -2.20. The third-order valence-electron chi connectivity index (χ3n) is 6.57. The van der Waals surface area contributed by atoms with Crippen LogP contribution in [0.1, 0.15) is 17.5 Å². The minimum Gasteiger partial charge on any atom is -0.423 e. The number of hydrogen-bond donors (Lipinski definition) is 0. The van der Waals surface area contributed by atoms with Crippen molar-refractivity contribution in [1.82, 2.24) is 4.90 Å². The molecule has 1 saturated carbocycles. The number of amides is 1. The monoisotopic (exact) mass is 353 g/mol. The summed E-state index contributed by atoms with van der Waals surface area (Å²) in [6.07, 6.45) is 1.45. The Kier molecular flexibility index (Phi) is 3.67. The minimum absolute atomic E-state index is 0.113. The van der Waals surface area contributed by atoms with Gasteiger partial charge in [0.2, 0.25) is 5.91 Å². The van der Waals surface area contributed by atoms with Crippen molar-refractivity contribution in [3.05, 3.63) is 45.8 Å². The molecule has 1 aliphatic carbocycles. The smallest absolute Gasteiger partial charge is 0.336 e. The quantitative estimate of drug-likeness (QED) is 0.778. The molecule has 4 atom stereocenters. The van der Waals surface area contributed by atoms with Gasteiger partial charge in [-0.1, -0.05) is 12.1 Å². The molecule has 2 aromatic rings. The summed E-state index contributed by atoms with van der Waals surface area (Å²) in [5, 5.41) is 0.854. The van der Waals surface area contributed by atoms with E-state index in [2.05, 4.69) is 0 Å². The van der Waals surface area contributed by atoms with Gasteiger partial charge in [0.25, 0.3) is 0 Å². The van der Waals surface area contributed by atoms with Crippen molar-refractivity contribution in [2.24, 2.45) is 23.7 Å². The second-order valence-electron chi connectivity index (χ2n) is 8.19. The number of hydrogen-bond acceptors (Lipinski definition) is 4. The summed E-state index contributed by atoms with van der Waals surface area (Å²) in [6, 6.07) is 7.24. The van der Waals surface area contributed by atoms with Gasteiger partial charge in [-0.25, -0.2) is 4.79 Å². The minimum atomic E-state index is -0.393. The fraction of sp³-hybridized carbons (Fsp3) is 0.524. The van der Waals surface area contributed by atoms with E-state index in [0.29, 0.717) is 29.3 Å². The average Bonchev–Trinajstić information content (AvgIpc) is 3.25. The Labute approximate surface area is 151 Å². The number of benzene rings is 1. The molecule has 1 amide bonds. The highest BCUT2D eigenvalue weighted by Crippen LogP contribution is 2.48. The number of aryl methyl sites for hydroxylation is 1. The molecule has 0 bridgehead atoms. The third-order valence-corrected chi connectivity index (χ3v) is 6.57. The van der Waals surface area contributed by atoms with Crippen molar-refractivity contribution in [3.8, 4) is 0 Å². The summed E-state index contributed by atoms with van der Waals surface area (Å²) in [5.41, 5.74) is 1.96. The van der Waals surface area contributed by atoms with Crippen LogP contribution in [0, 0.1) is 30.6 Å². The molecule has 2 aliphatic heterocycles. The zero-order chi connectivity index (χ0) is 17.8. The van der Waals surface area contributed by atoms with E-state index in [1.165, 1.54) is 12.5 Å². The molecule has 5 nitrogen and oxygen atoms in total. The predicted octanol–water partition coefficient (Wildman–Crippen LogP) is 2.38. The van der Waals surface area contributed by atoms with Crippen LogP contribution in [0.15, 0.2) is 33.5 Å². The van der Waals surface area contributed by atoms with Crippen LogP contribution in [-0.4, -0.2) is 37.1 Å². The van der Waals surface area contributed by atoms with Crippen LogP contribution in [0.5, 0.6) is 0 Å². The van der Waals surface area contributed by atoms with Crippen LogP contribution < -0.4 is 5.63 Å². The van der Waals surface area contributed by atoms with Crippen LogP contribution in [0.2, 0.25) is 0 Å². The molecule has 0 N–H and O–H groups in total. The van der Waals surface area contributed by atoms with Gasteiger partial charge < -0.3 is 14.1 Å². The second-order valence-corrected chi connectivity index (χ2v) is 8.19. The van der Waals surface area contributed by atoms with Crippen LogP contribution in [-0.2, 0) is 16.0 Å². The summed E-state index contributed by atoms with van der Waals surface area (Å²) in [6.45, 7) is 5.41. The van der Waals surface area contributed by atoms with Crippen LogP contribution in [0.3, 0.4) is 0 Å². The van der Waals surface area contributed by atoms with Crippen molar-refractivity contribution < 1.29 is 13.9 Å². The largest absolute Gasteiger partial charge is 0.423 e. The normalized spacial score (nSPS) is 30.0. The third kappa shape index (κ3) is 2.57. The van der Waals surface area contributed by atoms with Gasteiger partial charge in [0.15, 0.2) is 0 Å². The van der Waals surface area contributed by atoms with Crippen molar-refractivity contribution in [2.75, 3.05) is 26.3 Å². The van der Waals surface area contributed by atoms with Gasteiger partial charge in [0, 0.05) is 31.1 Å². The van der Waals surface area contributed by atoms with Gasteiger partial charge in [-0.05, 0) is 54.2 Å². The van der Waals surface area contributed by atoms with Gasteiger partial charge in [-0.15, -0.1) is 0 Å². The Hall–Kier alpha value is -2.14. The molecule has 5 rings (SSSR count). The van der Waals surface area contributed by atoms with Gasteiger partial charge >= 0.3 is 5.63 Å². The van der Waals surface area contributed by atoms with Crippen LogP contribution in [0.4, 0.5) is 0 Å². The lowest BCUT2D eigenvalue weighted by atomic mass is 9.91. The Bertz CT molecular complexity index is 933. The maximum absolute atomic E-state index is 12.9. The van der Waals surface area contributed by atoms with Gasteiger partial charge in [-0.2, -0.15) is 0 Å². The predicted molar refractivity (Wildman–Crippen MR) is 96.9 cm³/mol. The van der Waals surface area contributed by atoms with Crippen molar-refractivity contribution in [1.29, 1.82) is 0 Å². The molecule has 3 aliphatic rings. The molecule has 136 valence electrons. The highest BCUT2D eigenvalue weighted by atomic mass is 16.5. The van der Waals surface area contributed by atoms with E-state index in [4.69, 9.17) is 9.15 Å². The fourth-order valence-corrected chi connectivity index (χ4v) is 5.31. The highest BCUT2D eigenvalue weighted by Gasteiger charge is 2.50. The first-order valence-corrected chi connectivity index (χ1v) is 9.47. The number of fused-ring (bicyclic) bond motifs is 4. The average molecular weight is 353 g/mol. The van der Waals surface area contributed by atoms with E-state index in [9.17, 15) is 9.59 Å². The van der Waals surface area contributed by atoms with Crippen molar-refractivity contribution in [2.45, 2.75) is 19.8 Å². The maximum Gasteiger partial charge on any atom is 0.336 e. The SMILES string of the molecule is Cc1ccc2c(CC(=O)N3C[C@@H]4C[C@@H]5COC[C@@H]5[C@@H]4C3)cc(=O)oc2c1. The molecule has 1 aromatic carbocycles. The topological polar surface area (TPSA) is 59.8 Å². The van der Waals surface area contributed by atoms with Gasteiger partial charge in [-0.3, -0.25) is 4.79 Å². The number of likely N-dealkylation sites (tertiary alicyclic amines) is 1. The lowest BCUT2D eigenvalue weighted by Crippen LogP contribution is -2.32. The summed E-state index contributed by atoms with van der Waals surface area (Å²) < 4.78 is 10.9. The first kappa shape index (κ1) is 16.1. The highest BCUT2D eigenvalue weighted by molar-refractivity contribution is 5.87. The molecule has 5 heteroatoms. The van der Waals surface area contributed by atoms with Gasteiger partial charge in [0.1, 0.15) is 5.58 Å². The summed E-state index contributed by atoms with van der Waals surface area (Å²) in [5.74, 6) is 2.66. The standard InChI is InChI=1S/C21H23NO4/c1-12-2-3-16-13(7-21(24)26-19(16)4-12)6-20(23)22-8-14-5-15-10-25-11-18(15)17(14)9-22/h2-4,7,14-15,17-18H,5-6,8-11H2,1H3/t14-,15+,17+,18-/m0/s1. The molecule has 2 saturated heterocycles. The zero-order valence-electron chi connectivity index (χ0n) is 14.9. The Balaban J connectivity index is 1.37. The Morgan fingerprint density at radius 2 is 2.04 bits per heavy atom. The molecular weight excluding hydrogens is 330 g/mol. The number of rotatable bonds is 2. The molecule has 26 heavy (non-hydrogen) atoms. The molecule has 0 radical (unpaired) electrons. The zero-order valence-corrected chi connectivity index (χ0v) is 14.9. The number of carbonyl (C=O) groups is 1. The van der Waals surface area contributed by atoms with Crippen LogP contribution in [0.25, 0.3) is 11.0 Å². The summed E-state index contributed by atoms with van der Waals surface area (Å²) in [4.78, 5) is 26.8. The van der Waals surface area contributed by atoms with Gasteiger partial charge in [0.05, 0.1) is 13.0 Å². The van der Waals surface area contributed by atoms with E-state index in [-0.39, 0.29) is 12.3 Å². The van der Waals surface area contributed by atoms with E-state index >= 15 is 0 Å². The molecule has 1 aromatic heterocycles. The van der Waals surface area contributed by atoms with Crippen LogP contribution >= 0.6 is 0 Å². The number of carbonyl (C=O) groups excluding carboxylic acids is 1. The van der Waals surface area contributed by atoms with Crippen molar-refractivity contribution >= 4 is 16.9 Å². The maximum atomic E-state index is 12.9. The number of nitrogens with zero attached hydrogens (tertiary/aromatic N) is 1. The van der Waals surface area contributed by atoms with E-state index in [1.807, 2.05) is 30.0 Å². The van der Waals surface area contributed by atoms with E-state index in [0.717, 1.165) is 42.8 Å². The number of ether oxygens (including phenoxy) is 1.